The van der Waals surface area contributed by atoms with Crippen molar-refractivity contribution in [3.63, 3.8) is 0 Å². The molecule has 3 rings (SSSR count). The van der Waals surface area contributed by atoms with Crippen molar-refractivity contribution in [1.82, 2.24) is 4.90 Å². The smallest absolute Gasteiger partial charge is 0.146 e. The van der Waals surface area contributed by atoms with Crippen LogP contribution in [0.25, 0.3) is 0 Å². The Hall–Kier alpha value is -1.63. The molecule has 25 heavy (non-hydrogen) atoms. The Morgan fingerprint density at radius 2 is 1.64 bits per heavy atom. The highest BCUT2D eigenvalue weighted by molar-refractivity contribution is 7.99. The number of hydrogen-bond donors (Lipinski definition) is 1. The summed E-state index contributed by atoms with van der Waals surface area (Å²) in [6.07, 6.45) is -0.449. The molecule has 0 saturated carbocycles. The summed E-state index contributed by atoms with van der Waals surface area (Å²) in [5.74, 6) is 0.128. The first kappa shape index (κ1) is 18.2. The number of piperazine rings is 1. The van der Waals surface area contributed by atoms with Crippen LogP contribution < -0.4 is 4.90 Å². The Balaban J connectivity index is 1.42. The normalized spacial score (nSPS) is 16.8. The van der Waals surface area contributed by atoms with Gasteiger partial charge in [-0.15, -0.1) is 11.8 Å². The molecule has 1 saturated heterocycles. The van der Waals surface area contributed by atoms with E-state index < -0.39 is 6.10 Å². The van der Waals surface area contributed by atoms with Crippen LogP contribution in [0.5, 0.6) is 0 Å². The fourth-order valence-corrected chi connectivity index (χ4v) is 3.77. The van der Waals surface area contributed by atoms with Gasteiger partial charge in [0.1, 0.15) is 11.6 Å². The summed E-state index contributed by atoms with van der Waals surface area (Å²) < 4.78 is 26.7. The van der Waals surface area contributed by atoms with Gasteiger partial charge in [-0.25, -0.2) is 8.78 Å². The predicted octanol–water partition coefficient (Wildman–Crippen LogP) is 3.24. The van der Waals surface area contributed by atoms with Crippen molar-refractivity contribution < 1.29 is 13.9 Å². The summed E-state index contributed by atoms with van der Waals surface area (Å²) in [5, 5.41) is 10.2. The molecule has 134 valence electrons. The summed E-state index contributed by atoms with van der Waals surface area (Å²) in [7, 11) is 0. The van der Waals surface area contributed by atoms with Gasteiger partial charge in [0.05, 0.1) is 11.8 Å². The van der Waals surface area contributed by atoms with Crippen LogP contribution in [0.4, 0.5) is 14.5 Å². The van der Waals surface area contributed by atoms with E-state index in [0.717, 1.165) is 31.1 Å². The van der Waals surface area contributed by atoms with Crippen molar-refractivity contribution in [1.29, 1.82) is 0 Å². The summed E-state index contributed by atoms with van der Waals surface area (Å²) >= 11 is 1.52. The summed E-state index contributed by atoms with van der Waals surface area (Å²) in [5.41, 5.74) is 0.648. The second kappa shape index (κ2) is 8.65. The standard InChI is InChI=1S/C19H22F2N2OS/c20-15-5-7-17(8-6-15)25-14-16(24)13-22-9-11-23(12-10-22)19-4-2-1-3-18(19)21/h1-8,16,24H,9-14H2. The third kappa shape index (κ3) is 5.17. The van der Waals surface area contributed by atoms with Gasteiger partial charge < -0.3 is 10.0 Å². The molecule has 6 heteroatoms. The van der Waals surface area contributed by atoms with Crippen molar-refractivity contribution in [2.75, 3.05) is 43.4 Å². The lowest BCUT2D eigenvalue weighted by Gasteiger charge is -2.37. The lowest BCUT2D eigenvalue weighted by atomic mass is 10.2. The molecule has 1 unspecified atom stereocenters. The van der Waals surface area contributed by atoms with Crippen molar-refractivity contribution in [3.05, 3.63) is 60.2 Å². The minimum Gasteiger partial charge on any atom is -0.391 e. The molecule has 3 nitrogen and oxygen atoms in total. The van der Waals surface area contributed by atoms with Gasteiger partial charge in [-0.3, -0.25) is 4.90 Å². The molecule has 1 atom stereocenters. The molecule has 1 heterocycles. The van der Waals surface area contributed by atoms with Crippen molar-refractivity contribution in [3.8, 4) is 0 Å². The number of hydrogen-bond acceptors (Lipinski definition) is 4. The van der Waals surface area contributed by atoms with Crippen LogP contribution >= 0.6 is 11.8 Å². The highest BCUT2D eigenvalue weighted by Crippen LogP contribution is 2.21. The van der Waals surface area contributed by atoms with Gasteiger partial charge in [0.2, 0.25) is 0 Å². The summed E-state index contributed by atoms with van der Waals surface area (Å²) in [4.78, 5) is 5.20. The van der Waals surface area contributed by atoms with E-state index in [9.17, 15) is 13.9 Å². The molecular formula is C19H22F2N2OS. The Kier molecular flexibility index (Phi) is 6.29. The van der Waals surface area contributed by atoms with Gasteiger partial charge in [0.25, 0.3) is 0 Å². The Morgan fingerprint density at radius 1 is 0.960 bits per heavy atom. The number of aliphatic hydroxyl groups is 1. The van der Waals surface area contributed by atoms with Gasteiger partial charge in [-0.05, 0) is 36.4 Å². The number of rotatable bonds is 6. The summed E-state index contributed by atoms with van der Waals surface area (Å²) in [6.45, 7) is 3.69. The molecule has 0 radical (unpaired) electrons. The molecule has 0 bridgehead atoms. The number of halogens is 2. The highest BCUT2D eigenvalue weighted by Gasteiger charge is 2.21. The number of benzene rings is 2. The number of anilines is 1. The molecule has 1 fully saturated rings. The van der Waals surface area contributed by atoms with E-state index in [1.165, 1.54) is 30.0 Å². The highest BCUT2D eigenvalue weighted by atomic mass is 32.2. The van der Waals surface area contributed by atoms with E-state index in [4.69, 9.17) is 0 Å². The molecule has 2 aromatic carbocycles. The van der Waals surface area contributed by atoms with Crippen LogP contribution in [0.2, 0.25) is 0 Å². The minimum absolute atomic E-state index is 0.188. The van der Waals surface area contributed by atoms with E-state index in [0.29, 0.717) is 18.0 Å². The van der Waals surface area contributed by atoms with Crippen LogP contribution in [-0.2, 0) is 0 Å². The Bertz CT molecular complexity index is 675. The van der Waals surface area contributed by atoms with Crippen molar-refractivity contribution >= 4 is 17.4 Å². The third-order valence-corrected chi connectivity index (χ3v) is 5.45. The number of thioether (sulfide) groups is 1. The van der Waals surface area contributed by atoms with Crippen LogP contribution in [0, 0.1) is 11.6 Å². The number of nitrogens with zero attached hydrogens (tertiary/aromatic N) is 2. The fraction of sp³-hybridized carbons (Fsp3) is 0.368. The average molecular weight is 364 g/mol. The van der Waals surface area contributed by atoms with Gasteiger partial charge in [-0.2, -0.15) is 0 Å². The molecular weight excluding hydrogens is 342 g/mol. The maximum absolute atomic E-state index is 13.8. The summed E-state index contributed by atoms with van der Waals surface area (Å²) in [6, 6.07) is 13.1. The SMILES string of the molecule is OC(CSc1ccc(F)cc1)CN1CCN(c2ccccc2F)CC1. The zero-order chi connectivity index (χ0) is 17.6. The minimum atomic E-state index is -0.449. The third-order valence-electron chi connectivity index (χ3n) is 4.29. The van der Waals surface area contributed by atoms with Gasteiger partial charge in [-0.1, -0.05) is 12.1 Å². The quantitative estimate of drug-likeness (QED) is 0.796. The van der Waals surface area contributed by atoms with E-state index >= 15 is 0 Å². The van der Waals surface area contributed by atoms with Crippen LogP contribution in [0.3, 0.4) is 0 Å². The van der Waals surface area contributed by atoms with Crippen molar-refractivity contribution in [2.24, 2.45) is 0 Å². The number of para-hydroxylation sites is 1. The monoisotopic (exact) mass is 364 g/mol. The van der Waals surface area contributed by atoms with E-state index in [2.05, 4.69) is 4.90 Å². The van der Waals surface area contributed by atoms with Crippen molar-refractivity contribution in [2.45, 2.75) is 11.0 Å². The van der Waals surface area contributed by atoms with Crippen LogP contribution in [0.15, 0.2) is 53.4 Å². The van der Waals surface area contributed by atoms with Crippen LogP contribution in [-0.4, -0.2) is 54.6 Å². The fourth-order valence-electron chi connectivity index (χ4n) is 2.95. The molecule has 0 amide bonds. The molecule has 1 N–H and O–H groups in total. The largest absolute Gasteiger partial charge is 0.391 e. The van der Waals surface area contributed by atoms with Gasteiger partial charge >= 0.3 is 0 Å². The topological polar surface area (TPSA) is 26.7 Å². The maximum atomic E-state index is 13.8. The van der Waals surface area contributed by atoms with Gasteiger partial charge in [0, 0.05) is 43.4 Å². The molecule has 2 aromatic rings. The molecule has 1 aliphatic heterocycles. The van der Waals surface area contributed by atoms with Crippen LogP contribution in [0.1, 0.15) is 0 Å². The first-order valence-electron chi connectivity index (χ1n) is 8.40. The first-order valence-corrected chi connectivity index (χ1v) is 9.38. The Labute approximate surface area is 151 Å². The van der Waals surface area contributed by atoms with E-state index in [-0.39, 0.29) is 11.6 Å². The van der Waals surface area contributed by atoms with E-state index in [1.54, 1.807) is 24.3 Å². The predicted molar refractivity (Wildman–Crippen MR) is 98.2 cm³/mol. The second-order valence-corrected chi connectivity index (χ2v) is 7.25. The zero-order valence-corrected chi connectivity index (χ0v) is 14.8. The van der Waals surface area contributed by atoms with Gasteiger partial charge in [0.15, 0.2) is 0 Å². The van der Waals surface area contributed by atoms with E-state index in [1.807, 2.05) is 11.0 Å². The zero-order valence-electron chi connectivity index (χ0n) is 13.9. The molecule has 1 aliphatic rings. The lowest BCUT2D eigenvalue weighted by Crippen LogP contribution is -2.49. The number of aliphatic hydroxyl groups excluding tert-OH is 1. The second-order valence-electron chi connectivity index (χ2n) is 6.16. The molecule has 0 spiro atoms. The molecule has 0 aliphatic carbocycles. The number of β-amino-alcohol motifs (C(OH)–C–C–N with tert-alkyl or cyclic N) is 1. The Morgan fingerprint density at radius 3 is 2.32 bits per heavy atom. The average Bonchev–Trinajstić information content (AvgIpc) is 2.62. The first-order chi connectivity index (χ1) is 12.1. The maximum Gasteiger partial charge on any atom is 0.146 e. The molecule has 0 aromatic heterocycles. The lowest BCUT2D eigenvalue weighted by molar-refractivity contribution is 0.126.